The summed E-state index contributed by atoms with van der Waals surface area (Å²) in [4.78, 5) is 28.9. The first kappa shape index (κ1) is 29.5. The van der Waals surface area contributed by atoms with Gasteiger partial charge in [0.05, 0.1) is 30.4 Å². The fraction of sp³-hybridized carbons (Fsp3) is 0.429. The van der Waals surface area contributed by atoms with Crippen LogP contribution < -0.4 is 4.90 Å². The van der Waals surface area contributed by atoms with Crippen molar-refractivity contribution in [2.75, 3.05) is 24.6 Å². The smallest absolute Gasteiger partial charge is 0.240 e. The molecule has 4 aromatic heterocycles. The Kier molecular flexibility index (Phi) is 8.79. The van der Waals surface area contributed by atoms with Gasteiger partial charge in [-0.2, -0.15) is 15.4 Å². The Morgan fingerprint density at radius 2 is 2.17 bits per heavy atom. The molecule has 14 heteroatoms. The van der Waals surface area contributed by atoms with Gasteiger partial charge in [0.15, 0.2) is 16.8 Å². The number of halogens is 2. The highest BCUT2D eigenvalue weighted by Crippen LogP contribution is 2.36. The van der Waals surface area contributed by atoms with Crippen molar-refractivity contribution in [3.05, 3.63) is 48.0 Å². The highest BCUT2D eigenvalue weighted by molar-refractivity contribution is 6.76. The summed E-state index contributed by atoms with van der Waals surface area (Å²) in [7, 11) is -1.17. The molecule has 0 N–H and O–H groups in total. The number of nitriles is 1. The van der Waals surface area contributed by atoms with Crippen LogP contribution in [0.25, 0.3) is 22.3 Å². The van der Waals surface area contributed by atoms with Crippen LogP contribution in [0.1, 0.15) is 18.9 Å². The number of nitrogens with zero attached hydrogens (tertiary/aromatic N) is 9. The molecule has 0 radical (unpaired) electrons. The summed E-state index contributed by atoms with van der Waals surface area (Å²) < 4.78 is 24.5. The highest BCUT2D eigenvalue weighted by atomic mass is 35.5. The van der Waals surface area contributed by atoms with E-state index in [2.05, 4.69) is 50.8 Å². The molecule has 4 aromatic rings. The molecular weight excluding hydrogens is 577 g/mol. The number of hydrogen-bond donors (Lipinski definition) is 0. The first-order chi connectivity index (χ1) is 20.2. The van der Waals surface area contributed by atoms with Gasteiger partial charge >= 0.3 is 0 Å². The molecule has 218 valence electrons. The van der Waals surface area contributed by atoms with Crippen LogP contribution in [0.3, 0.4) is 0 Å². The second kappa shape index (κ2) is 12.5. The van der Waals surface area contributed by atoms with E-state index in [1.807, 2.05) is 23.0 Å². The summed E-state index contributed by atoms with van der Waals surface area (Å²) in [5.74, 6) is -0.542. The second-order valence-electron chi connectivity index (χ2n) is 11.5. The number of aromatic nitrogens is 6. The van der Waals surface area contributed by atoms with Gasteiger partial charge in [-0.3, -0.25) is 4.68 Å². The standard InChI is InChI=1S/C28H31ClFN9O2Si/c1-42(2,3)11-10-41-18-38-9-6-21-25(32-16-33-27(21)38)20-13-35-39(15-20)24(4-7-31)19-5-8-37(14-19)28-22(30)12-23(34-17-40)26(29)36-28/h6,9,12-13,15-16,19,24H,4-5,8,10-11,14,18H2,1-3H3/t19-,24-/m0/s1. The molecule has 1 saturated heterocycles. The van der Waals surface area contributed by atoms with E-state index in [9.17, 15) is 14.4 Å². The lowest BCUT2D eigenvalue weighted by atomic mass is 9.96. The molecule has 0 amide bonds. The van der Waals surface area contributed by atoms with Crippen LogP contribution in [0.4, 0.5) is 15.9 Å². The number of carbonyl (C=O) groups excluding carboxylic acids is 1. The van der Waals surface area contributed by atoms with E-state index < -0.39 is 13.9 Å². The zero-order chi connectivity index (χ0) is 29.9. The van der Waals surface area contributed by atoms with E-state index >= 15 is 0 Å². The second-order valence-corrected chi connectivity index (χ2v) is 17.5. The Bertz CT molecular complexity index is 1670. The van der Waals surface area contributed by atoms with Gasteiger partial charge in [0, 0.05) is 63.1 Å². The molecule has 2 atom stereocenters. The summed E-state index contributed by atoms with van der Waals surface area (Å²) in [6.45, 7) is 9.08. The summed E-state index contributed by atoms with van der Waals surface area (Å²) in [5.41, 5.74) is 2.26. The molecule has 0 saturated carbocycles. The van der Waals surface area contributed by atoms with Crippen LogP contribution >= 0.6 is 11.6 Å². The third kappa shape index (κ3) is 6.42. The fourth-order valence-corrected chi connectivity index (χ4v) is 6.12. The molecule has 0 spiro atoms. The molecule has 1 aliphatic heterocycles. The Balaban J connectivity index is 1.33. The molecule has 0 bridgehead atoms. The molecular formula is C28H31ClFN9O2Si. The molecule has 5 rings (SSSR count). The summed E-state index contributed by atoms with van der Waals surface area (Å²) in [6, 6.07) is 6.18. The van der Waals surface area contributed by atoms with Crippen LogP contribution in [0.5, 0.6) is 0 Å². The minimum atomic E-state index is -1.17. The monoisotopic (exact) mass is 607 g/mol. The number of isocyanates is 1. The third-order valence-electron chi connectivity index (χ3n) is 7.42. The number of rotatable bonds is 11. The maximum Gasteiger partial charge on any atom is 0.240 e. The van der Waals surface area contributed by atoms with Gasteiger partial charge in [0.2, 0.25) is 6.08 Å². The average Bonchev–Trinajstić information content (AvgIpc) is 3.71. The number of anilines is 1. The fourth-order valence-electron chi connectivity index (χ4n) is 5.18. The predicted molar refractivity (Wildman–Crippen MR) is 159 cm³/mol. The average molecular weight is 608 g/mol. The summed E-state index contributed by atoms with van der Waals surface area (Å²) >= 11 is 6.10. The van der Waals surface area contributed by atoms with E-state index in [-0.39, 0.29) is 35.0 Å². The lowest BCUT2D eigenvalue weighted by Crippen LogP contribution is -2.26. The minimum Gasteiger partial charge on any atom is -0.361 e. The van der Waals surface area contributed by atoms with E-state index in [4.69, 9.17) is 16.3 Å². The Morgan fingerprint density at radius 3 is 2.93 bits per heavy atom. The van der Waals surface area contributed by atoms with E-state index in [0.29, 0.717) is 26.2 Å². The number of hydrogen-bond acceptors (Lipinski definition) is 9. The van der Waals surface area contributed by atoms with Crippen molar-refractivity contribution in [1.29, 1.82) is 5.26 Å². The first-order valence-electron chi connectivity index (χ1n) is 13.7. The van der Waals surface area contributed by atoms with Gasteiger partial charge in [-0.1, -0.05) is 31.2 Å². The van der Waals surface area contributed by atoms with Crippen molar-refractivity contribution in [3.63, 3.8) is 0 Å². The van der Waals surface area contributed by atoms with Crippen molar-refractivity contribution in [2.45, 2.75) is 51.3 Å². The van der Waals surface area contributed by atoms with Gasteiger partial charge in [0.1, 0.15) is 24.4 Å². The highest BCUT2D eigenvalue weighted by Gasteiger charge is 2.33. The zero-order valence-corrected chi connectivity index (χ0v) is 25.4. The maximum atomic E-state index is 14.8. The zero-order valence-electron chi connectivity index (χ0n) is 23.7. The summed E-state index contributed by atoms with van der Waals surface area (Å²) in [6.07, 6.45) is 9.41. The SMILES string of the molecule is C[Si](C)(C)CCOCn1ccc2c(-c3cnn([C@@H](CC#N)[C@H]4CCN(c5nc(Cl)c(N=C=O)cc5F)C4)c3)ncnc21. The van der Waals surface area contributed by atoms with Gasteiger partial charge in [-0.15, -0.1) is 0 Å². The van der Waals surface area contributed by atoms with Gasteiger partial charge in [0.25, 0.3) is 0 Å². The van der Waals surface area contributed by atoms with Crippen molar-refractivity contribution >= 4 is 48.3 Å². The van der Waals surface area contributed by atoms with E-state index in [1.165, 1.54) is 12.4 Å². The lowest BCUT2D eigenvalue weighted by molar-refractivity contribution is 0.0899. The quantitative estimate of drug-likeness (QED) is 0.0694. The van der Waals surface area contributed by atoms with Crippen molar-refractivity contribution in [2.24, 2.45) is 10.9 Å². The largest absolute Gasteiger partial charge is 0.361 e. The van der Waals surface area contributed by atoms with Crippen molar-refractivity contribution in [3.8, 4) is 17.3 Å². The van der Waals surface area contributed by atoms with Crippen LogP contribution in [-0.4, -0.2) is 63.1 Å². The minimum absolute atomic E-state index is 0.00450. The Labute approximate surface area is 248 Å². The van der Waals surface area contributed by atoms with Crippen molar-refractivity contribution < 1.29 is 13.9 Å². The Morgan fingerprint density at radius 1 is 1.33 bits per heavy atom. The van der Waals surface area contributed by atoms with Crippen LogP contribution in [-0.2, 0) is 16.3 Å². The molecule has 5 heterocycles. The lowest BCUT2D eigenvalue weighted by Gasteiger charge is -2.23. The first-order valence-corrected chi connectivity index (χ1v) is 17.7. The molecule has 1 fully saturated rings. The topological polar surface area (TPSA) is 127 Å². The number of aliphatic imine (C=N–C) groups is 1. The summed E-state index contributed by atoms with van der Waals surface area (Å²) in [5, 5.41) is 15.1. The maximum absolute atomic E-state index is 14.8. The van der Waals surface area contributed by atoms with Crippen LogP contribution in [0.2, 0.25) is 30.8 Å². The predicted octanol–water partition coefficient (Wildman–Crippen LogP) is 5.74. The number of ether oxygens (including phenoxy) is 1. The van der Waals surface area contributed by atoms with Crippen LogP contribution in [0.15, 0.2) is 42.0 Å². The molecule has 11 nitrogen and oxygen atoms in total. The normalized spacial score (nSPS) is 16.0. The van der Waals surface area contributed by atoms with Crippen LogP contribution in [0, 0.1) is 23.1 Å². The third-order valence-corrected chi connectivity index (χ3v) is 9.41. The number of fused-ring (bicyclic) bond motifs is 1. The van der Waals surface area contributed by atoms with E-state index in [0.717, 1.165) is 41.0 Å². The van der Waals surface area contributed by atoms with Crippen molar-refractivity contribution in [1.82, 2.24) is 29.3 Å². The van der Waals surface area contributed by atoms with Gasteiger partial charge < -0.3 is 14.2 Å². The Hall–Kier alpha value is -3.95. The molecule has 42 heavy (non-hydrogen) atoms. The van der Waals surface area contributed by atoms with Gasteiger partial charge in [-0.05, 0) is 18.5 Å². The van der Waals surface area contributed by atoms with E-state index in [1.54, 1.807) is 15.8 Å². The molecule has 0 aliphatic carbocycles. The number of pyridine rings is 1. The molecule has 1 aliphatic rings. The molecule has 0 unspecified atom stereocenters. The molecule has 0 aromatic carbocycles. The van der Waals surface area contributed by atoms with Gasteiger partial charge in [-0.25, -0.2) is 24.1 Å².